The fraction of sp³-hybridized carbons (Fsp3) is 0.368. The van der Waals surface area contributed by atoms with Crippen LogP contribution in [0.2, 0.25) is 0 Å². The van der Waals surface area contributed by atoms with Gasteiger partial charge in [0.05, 0.1) is 0 Å². The van der Waals surface area contributed by atoms with Crippen molar-refractivity contribution in [2.24, 2.45) is 0 Å². The van der Waals surface area contributed by atoms with E-state index in [1.807, 2.05) is 34.7 Å². The third kappa shape index (κ3) is 3.43. The molecule has 0 fully saturated rings. The van der Waals surface area contributed by atoms with Crippen LogP contribution in [0.3, 0.4) is 0 Å². The highest BCUT2D eigenvalue weighted by atomic mass is 16.5. The molecular weight excluding hydrogens is 332 g/mol. The van der Waals surface area contributed by atoms with Crippen LogP contribution in [0.5, 0.6) is 0 Å². The maximum Gasteiger partial charge on any atom is 0.303 e. The molecule has 0 saturated carbocycles. The molecule has 0 aliphatic carbocycles. The summed E-state index contributed by atoms with van der Waals surface area (Å²) in [4.78, 5) is 15.5. The van der Waals surface area contributed by atoms with Crippen molar-refractivity contribution in [3.05, 3.63) is 47.5 Å². The zero-order valence-corrected chi connectivity index (χ0v) is 15.3. The van der Waals surface area contributed by atoms with Crippen LogP contribution in [-0.2, 0) is 29.1 Å². The van der Waals surface area contributed by atoms with E-state index in [0.717, 1.165) is 40.0 Å². The van der Waals surface area contributed by atoms with Crippen LogP contribution < -0.4 is 4.68 Å². The van der Waals surface area contributed by atoms with E-state index < -0.39 is 5.97 Å². The first-order valence-corrected chi connectivity index (χ1v) is 8.61. The molecule has 0 aliphatic heterocycles. The predicted octanol–water partition coefficient (Wildman–Crippen LogP) is 2.18. The van der Waals surface area contributed by atoms with Gasteiger partial charge in [0.15, 0.2) is 0 Å². The second kappa shape index (κ2) is 7.61. The highest BCUT2D eigenvalue weighted by Gasteiger charge is 2.24. The Labute approximate surface area is 151 Å². The van der Waals surface area contributed by atoms with Gasteiger partial charge in [-0.05, 0) is 36.5 Å². The Kier molecular flexibility index (Phi) is 5.27. The van der Waals surface area contributed by atoms with E-state index in [-0.39, 0.29) is 6.42 Å². The molecule has 3 aromatic rings. The number of nitrogens with zero attached hydrogens (tertiary/aromatic N) is 4. The molecule has 0 spiro atoms. The van der Waals surface area contributed by atoms with E-state index in [2.05, 4.69) is 18.0 Å². The number of carbonyl (C=O) groups is 1. The molecule has 3 aromatic heterocycles. The summed E-state index contributed by atoms with van der Waals surface area (Å²) in [5.74, 6) is -0.833. The number of carboxylic acids is 1. The average molecular weight is 355 g/mol. The van der Waals surface area contributed by atoms with Crippen LogP contribution in [0.4, 0.5) is 0 Å². The standard InChI is InChI=1S/C19H22N4O3/c1-4-22-8-7-17-19(14-9-13(2)10-20-11-14)15(5-6-18(24)25)16(12-26-3)21-23(17)22/h7-11H,4-6,12H2,1-3H3/p+1. The van der Waals surface area contributed by atoms with E-state index in [0.29, 0.717) is 13.0 Å². The zero-order valence-electron chi connectivity index (χ0n) is 15.3. The number of aliphatic carboxylic acids is 1. The second-order valence-electron chi connectivity index (χ2n) is 6.22. The van der Waals surface area contributed by atoms with Gasteiger partial charge in [0.25, 0.3) is 0 Å². The van der Waals surface area contributed by atoms with Gasteiger partial charge in [-0.15, -0.1) is 0 Å². The Morgan fingerprint density at radius 3 is 2.85 bits per heavy atom. The molecule has 0 bridgehead atoms. The SMILES string of the molecule is CC[n+]1ccc2c(-c3cncc(C)c3)c(CCC(=O)O)c(COC)nn21. The summed E-state index contributed by atoms with van der Waals surface area (Å²) < 4.78 is 9.20. The van der Waals surface area contributed by atoms with Gasteiger partial charge in [-0.25, -0.2) is 0 Å². The Hall–Kier alpha value is -2.80. The Balaban J connectivity index is 2.33. The van der Waals surface area contributed by atoms with E-state index in [1.165, 1.54) is 0 Å². The molecule has 0 unspecified atom stereocenters. The molecule has 0 radical (unpaired) electrons. The van der Waals surface area contributed by atoms with Gasteiger partial charge in [-0.2, -0.15) is 4.68 Å². The van der Waals surface area contributed by atoms with E-state index in [4.69, 9.17) is 9.84 Å². The summed E-state index contributed by atoms with van der Waals surface area (Å²) in [7, 11) is 1.62. The predicted molar refractivity (Wildman–Crippen MR) is 95.7 cm³/mol. The van der Waals surface area contributed by atoms with Gasteiger partial charge >= 0.3 is 5.97 Å². The largest absolute Gasteiger partial charge is 0.481 e. The van der Waals surface area contributed by atoms with Crippen molar-refractivity contribution < 1.29 is 19.3 Å². The highest BCUT2D eigenvalue weighted by molar-refractivity contribution is 5.83. The van der Waals surface area contributed by atoms with Crippen molar-refractivity contribution in [3.63, 3.8) is 0 Å². The number of pyridine rings is 1. The molecule has 0 saturated heterocycles. The fourth-order valence-corrected chi connectivity index (χ4v) is 3.20. The van der Waals surface area contributed by atoms with Gasteiger partial charge in [-0.3, -0.25) is 9.78 Å². The van der Waals surface area contributed by atoms with Gasteiger partial charge in [0.1, 0.15) is 24.9 Å². The van der Waals surface area contributed by atoms with Crippen molar-refractivity contribution in [2.75, 3.05) is 7.11 Å². The molecule has 0 aromatic carbocycles. The van der Waals surface area contributed by atoms with Crippen LogP contribution in [0.15, 0.2) is 30.7 Å². The van der Waals surface area contributed by atoms with E-state index in [1.54, 1.807) is 13.3 Å². The number of methoxy groups -OCH3 is 1. The molecule has 7 heteroatoms. The monoisotopic (exact) mass is 355 g/mol. The lowest BCUT2D eigenvalue weighted by molar-refractivity contribution is -0.762. The summed E-state index contributed by atoms with van der Waals surface area (Å²) in [6, 6.07) is 4.07. The molecule has 136 valence electrons. The summed E-state index contributed by atoms with van der Waals surface area (Å²) in [6.45, 7) is 5.13. The van der Waals surface area contributed by atoms with Gasteiger partial charge in [0, 0.05) is 53.8 Å². The lowest BCUT2D eigenvalue weighted by atomic mass is 9.95. The number of fused-ring (bicyclic) bond motifs is 1. The van der Waals surface area contributed by atoms with Crippen LogP contribution >= 0.6 is 0 Å². The number of aromatic nitrogens is 4. The van der Waals surface area contributed by atoms with Crippen molar-refractivity contribution in [2.45, 2.75) is 39.8 Å². The maximum atomic E-state index is 11.2. The third-order valence-corrected chi connectivity index (χ3v) is 4.34. The first kappa shape index (κ1) is 18.0. The Bertz CT molecular complexity index is 949. The number of carboxylic acid groups (broad SMARTS) is 1. The van der Waals surface area contributed by atoms with Crippen LogP contribution in [-0.4, -0.2) is 32.9 Å². The van der Waals surface area contributed by atoms with Crippen molar-refractivity contribution in [1.29, 1.82) is 0 Å². The smallest absolute Gasteiger partial charge is 0.303 e. The first-order valence-electron chi connectivity index (χ1n) is 8.61. The third-order valence-electron chi connectivity index (χ3n) is 4.34. The van der Waals surface area contributed by atoms with Crippen molar-refractivity contribution in [3.8, 4) is 11.1 Å². The molecule has 0 aliphatic rings. The summed E-state index contributed by atoms with van der Waals surface area (Å²) in [6.07, 6.45) is 6.02. The molecule has 0 atom stereocenters. The molecular formula is C19H23N4O3+. The zero-order chi connectivity index (χ0) is 18.7. The minimum atomic E-state index is -0.833. The first-order chi connectivity index (χ1) is 12.5. The molecule has 7 nitrogen and oxygen atoms in total. The molecule has 0 amide bonds. The summed E-state index contributed by atoms with van der Waals surface area (Å²) in [5, 5.41) is 13.9. The number of aryl methyl sites for hydroxylation is 2. The van der Waals surface area contributed by atoms with Gasteiger partial charge < -0.3 is 9.84 Å². The molecule has 3 rings (SSSR count). The minimum Gasteiger partial charge on any atom is -0.481 e. The summed E-state index contributed by atoms with van der Waals surface area (Å²) in [5.41, 5.74) is 5.55. The fourth-order valence-electron chi connectivity index (χ4n) is 3.20. The lowest BCUT2D eigenvalue weighted by Crippen LogP contribution is -2.39. The maximum absolute atomic E-state index is 11.2. The van der Waals surface area contributed by atoms with Crippen LogP contribution in [0.1, 0.15) is 30.2 Å². The lowest BCUT2D eigenvalue weighted by Gasteiger charge is -2.12. The molecule has 3 heterocycles. The second-order valence-corrected chi connectivity index (χ2v) is 6.22. The molecule has 26 heavy (non-hydrogen) atoms. The van der Waals surface area contributed by atoms with Gasteiger partial charge in [0.2, 0.25) is 5.69 Å². The van der Waals surface area contributed by atoms with Crippen molar-refractivity contribution >= 4 is 11.5 Å². The minimum absolute atomic E-state index is 0.0370. The number of hydrogen-bond acceptors (Lipinski definition) is 4. The average Bonchev–Trinajstić information content (AvgIpc) is 3.02. The van der Waals surface area contributed by atoms with Crippen LogP contribution in [0.25, 0.3) is 16.6 Å². The number of rotatable bonds is 7. The number of hydrogen-bond donors (Lipinski definition) is 1. The van der Waals surface area contributed by atoms with Gasteiger partial charge in [-0.1, -0.05) is 0 Å². The Morgan fingerprint density at radius 2 is 2.19 bits per heavy atom. The summed E-state index contributed by atoms with van der Waals surface area (Å²) >= 11 is 0. The van der Waals surface area contributed by atoms with Crippen molar-refractivity contribution in [1.82, 2.24) is 14.7 Å². The quantitative estimate of drug-likeness (QED) is 0.657. The Morgan fingerprint density at radius 1 is 1.38 bits per heavy atom. The number of ether oxygens (including phenoxy) is 1. The van der Waals surface area contributed by atoms with Crippen LogP contribution in [0, 0.1) is 6.92 Å². The topological polar surface area (TPSA) is 80.6 Å². The van der Waals surface area contributed by atoms with E-state index in [9.17, 15) is 9.90 Å². The normalized spacial score (nSPS) is 11.2. The molecule has 1 N–H and O–H groups in total. The highest BCUT2D eigenvalue weighted by Crippen LogP contribution is 2.31. The van der Waals surface area contributed by atoms with E-state index >= 15 is 0 Å².